The van der Waals surface area contributed by atoms with Crippen LogP contribution in [-0.2, 0) is 19.1 Å². The zero-order valence-electron chi connectivity index (χ0n) is 12.5. The third-order valence-corrected chi connectivity index (χ3v) is 3.38. The van der Waals surface area contributed by atoms with E-state index in [4.69, 9.17) is 10.5 Å². The van der Waals surface area contributed by atoms with Crippen LogP contribution in [0.3, 0.4) is 0 Å². The van der Waals surface area contributed by atoms with E-state index < -0.39 is 36.3 Å². The van der Waals surface area contributed by atoms with E-state index in [1.54, 1.807) is 32.5 Å². The molecule has 0 radical (unpaired) electrons. The Hall–Kier alpha value is -0.790. The lowest BCUT2D eigenvalue weighted by atomic mass is 9.98. The van der Waals surface area contributed by atoms with E-state index in [-0.39, 0.29) is 0 Å². The number of aliphatic hydroxyl groups excluding tert-OH is 1. The fourth-order valence-electron chi connectivity index (χ4n) is 1.14. The lowest BCUT2D eigenvalue weighted by molar-refractivity contribution is -0.178. The van der Waals surface area contributed by atoms with Gasteiger partial charge in [0.2, 0.25) is 6.79 Å². The van der Waals surface area contributed by atoms with E-state index in [1.165, 1.54) is 0 Å². The van der Waals surface area contributed by atoms with E-state index >= 15 is 0 Å². The van der Waals surface area contributed by atoms with Gasteiger partial charge in [0.25, 0.3) is 0 Å². The van der Waals surface area contributed by atoms with Gasteiger partial charge in [-0.05, 0) is 38.7 Å². The summed E-state index contributed by atoms with van der Waals surface area (Å²) in [7, 11) is 0. The van der Waals surface area contributed by atoms with Crippen LogP contribution in [0.5, 0.6) is 0 Å². The van der Waals surface area contributed by atoms with Gasteiger partial charge in [0.1, 0.15) is 0 Å². The molecule has 0 saturated carbocycles. The van der Waals surface area contributed by atoms with Gasteiger partial charge < -0.3 is 20.3 Å². The van der Waals surface area contributed by atoms with Crippen molar-refractivity contribution in [3.05, 3.63) is 0 Å². The second-order valence-corrected chi connectivity index (χ2v) is 6.75. The molecule has 0 fully saturated rings. The average molecular weight is 307 g/mol. The molecule has 0 spiro atoms. The number of esters is 2. The predicted octanol–water partition coefficient (Wildman–Crippen LogP) is 0.908. The number of carbonyl (C=O) groups is 2. The first-order valence-electron chi connectivity index (χ1n) is 6.55. The summed E-state index contributed by atoms with van der Waals surface area (Å²) >= 11 is 1.68. The molecular weight excluding hydrogens is 282 g/mol. The molecule has 3 N–H and O–H groups in total. The van der Waals surface area contributed by atoms with Crippen molar-refractivity contribution < 1.29 is 24.2 Å². The van der Waals surface area contributed by atoms with Crippen LogP contribution in [0.15, 0.2) is 0 Å². The molecule has 0 aliphatic heterocycles. The van der Waals surface area contributed by atoms with Gasteiger partial charge >= 0.3 is 11.9 Å². The Morgan fingerprint density at radius 1 is 1.30 bits per heavy atom. The van der Waals surface area contributed by atoms with Gasteiger partial charge in [0.05, 0.1) is 5.41 Å². The van der Waals surface area contributed by atoms with Crippen LogP contribution < -0.4 is 5.73 Å². The highest BCUT2D eigenvalue weighted by atomic mass is 32.2. The molecule has 0 aromatic rings. The van der Waals surface area contributed by atoms with Crippen molar-refractivity contribution in [2.75, 3.05) is 18.3 Å². The minimum absolute atomic E-state index is 0.483. The third kappa shape index (κ3) is 7.72. The maximum atomic E-state index is 11.5. The van der Waals surface area contributed by atoms with Crippen LogP contribution in [0.4, 0.5) is 0 Å². The molecule has 6 nitrogen and oxygen atoms in total. The fourth-order valence-corrected chi connectivity index (χ4v) is 1.87. The predicted molar refractivity (Wildman–Crippen MR) is 78.1 cm³/mol. The van der Waals surface area contributed by atoms with E-state index in [0.717, 1.165) is 11.5 Å². The van der Waals surface area contributed by atoms with Crippen LogP contribution >= 0.6 is 11.8 Å². The third-order valence-electron chi connectivity index (χ3n) is 2.45. The minimum Gasteiger partial charge on any atom is -0.427 e. The highest BCUT2D eigenvalue weighted by Crippen LogP contribution is 2.15. The standard InChI is InChI=1S/C13H25NO5S/c1-5-20-7-6-9(14)10(15)11(16)18-8-19-12(17)13(2,3)4/h9-10,15H,5-8,14H2,1-4H3/t9-,10?/m1/s1. The van der Waals surface area contributed by atoms with Crippen molar-refractivity contribution in [2.24, 2.45) is 11.1 Å². The van der Waals surface area contributed by atoms with Crippen molar-refractivity contribution in [1.82, 2.24) is 0 Å². The summed E-state index contributed by atoms with van der Waals surface area (Å²) in [5, 5.41) is 9.66. The monoisotopic (exact) mass is 307 g/mol. The van der Waals surface area contributed by atoms with Gasteiger partial charge in [0.15, 0.2) is 6.10 Å². The second-order valence-electron chi connectivity index (χ2n) is 5.36. The average Bonchev–Trinajstić information content (AvgIpc) is 2.36. The molecule has 0 aliphatic rings. The van der Waals surface area contributed by atoms with E-state index in [1.807, 2.05) is 6.92 Å². The smallest absolute Gasteiger partial charge is 0.339 e. The Morgan fingerprint density at radius 2 is 1.90 bits per heavy atom. The lowest BCUT2D eigenvalue weighted by Gasteiger charge is -2.19. The van der Waals surface area contributed by atoms with Crippen molar-refractivity contribution in [2.45, 2.75) is 46.3 Å². The van der Waals surface area contributed by atoms with Gasteiger partial charge in [-0.2, -0.15) is 11.8 Å². The summed E-state index contributed by atoms with van der Waals surface area (Å²) in [5.74, 6) is 0.362. The zero-order valence-corrected chi connectivity index (χ0v) is 13.4. The Kier molecular flexibility index (Phi) is 8.84. The normalized spacial score (nSPS) is 14.5. The Balaban J connectivity index is 3.99. The molecule has 118 valence electrons. The van der Waals surface area contributed by atoms with Gasteiger partial charge in [0, 0.05) is 6.04 Å². The SMILES string of the molecule is CCSCC[C@@H](N)C(O)C(=O)OCOC(=O)C(C)(C)C. The first-order valence-corrected chi connectivity index (χ1v) is 7.70. The summed E-state index contributed by atoms with van der Waals surface area (Å²) in [6.45, 7) is 6.57. The van der Waals surface area contributed by atoms with Gasteiger partial charge in [-0.15, -0.1) is 0 Å². The summed E-state index contributed by atoms with van der Waals surface area (Å²) in [5.41, 5.74) is 5.02. The first-order chi connectivity index (χ1) is 9.20. The van der Waals surface area contributed by atoms with Crippen LogP contribution in [0.2, 0.25) is 0 Å². The number of rotatable bonds is 8. The van der Waals surface area contributed by atoms with Crippen LogP contribution in [-0.4, -0.2) is 47.5 Å². The maximum absolute atomic E-state index is 11.5. The number of ether oxygens (including phenoxy) is 2. The molecule has 1 unspecified atom stereocenters. The fraction of sp³-hybridized carbons (Fsp3) is 0.846. The van der Waals surface area contributed by atoms with Crippen LogP contribution in [0, 0.1) is 5.41 Å². The molecule has 0 bridgehead atoms. The summed E-state index contributed by atoms with van der Waals surface area (Å²) in [6.07, 6.45) is -0.892. The molecule has 0 aromatic heterocycles. The number of thioether (sulfide) groups is 1. The number of hydrogen-bond acceptors (Lipinski definition) is 7. The van der Waals surface area contributed by atoms with Gasteiger partial charge in [-0.1, -0.05) is 6.92 Å². The summed E-state index contributed by atoms with van der Waals surface area (Å²) in [6, 6.07) is -0.681. The minimum atomic E-state index is -1.40. The Labute approximate surface area is 124 Å². The topological polar surface area (TPSA) is 98.8 Å². The van der Waals surface area contributed by atoms with Crippen LogP contribution in [0.1, 0.15) is 34.1 Å². The molecule has 0 aliphatic carbocycles. The van der Waals surface area contributed by atoms with E-state index in [9.17, 15) is 14.7 Å². The Bertz CT molecular complexity index is 316. The van der Waals surface area contributed by atoms with Crippen molar-refractivity contribution in [3.63, 3.8) is 0 Å². The molecule has 7 heteroatoms. The maximum Gasteiger partial charge on any atom is 0.339 e. The number of carbonyl (C=O) groups excluding carboxylic acids is 2. The Morgan fingerprint density at radius 3 is 2.40 bits per heavy atom. The van der Waals surface area contributed by atoms with Gasteiger partial charge in [-0.25, -0.2) is 4.79 Å². The number of nitrogens with two attached hydrogens (primary N) is 1. The first kappa shape index (κ1) is 19.2. The quantitative estimate of drug-likeness (QED) is 0.390. The molecule has 2 atom stereocenters. The van der Waals surface area contributed by atoms with E-state index in [0.29, 0.717) is 6.42 Å². The van der Waals surface area contributed by atoms with Crippen molar-refractivity contribution >= 4 is 23.7 Å². The van der Waals surface area contributed by atoms with Gasteiger partial charge in [-0.3, -0.25) is 4.79 Å². The molecule has 0 saturated heterocycles. The zero-order chi connectivity index (χ0) is 15.8. The van der Waals surface area contributed by atoms with E-state index in [2.05, 4.69) is 4.74 Å². The lowest BCUT2D eigenvalue weighted by Crippen LogP contribution is -2.42. The summed E-state index contributed by atoms with van der Waals surface area (Å²) < 4.78 is 9.45. The van der Waals surface area contributed by atoms with Crippen molar-refractivity contribution in [1.29, 1.82) is 0 Å². The van der Waals surface area contributed by atoms with Crippen molar-refractivity contribution in [3.8, 4) is 0 Å². The molecule has 0 rings (SSSR count). The number of aliphatic hydroxyl groups is 1. The highest BCUT2D eigenvalue weighted by molar-refractivity contribution is 7.99. The van der Waals surface area contributed by atoms with Crippen LogP contribution in [0.25, 0.3) is 0 Å². The second kappa shape index (κ2) is 9.20. The summed E-state index contributed by atoms with van der Waals surface area (Å²) in [4.78, 5) is 22.9. The highest BCUT2D eigenvalue weighted by Gasteiger charge is 2.26. The number of hydrogen-bond donors (Lipinski definition) is 2. The molecular formula is C13H25NO5S. The molecule has 0 amide bonds. The molecule has 0 aromatic carbocycles. The molecule has 20 heavy (non-hydrogen) atoms. The molecule has 0 heterocycles. The largest absolute Gasteiger partial charge is 0.427 e.